The van der Waals surface area contributed by atoms with E-state index in [9.17, 15) is 0 Å². The molecule has 0 amide bonds. The van der Waals surface area contributed by atoms with Gasteiger partial charge in [-0.05, 0) is 186 Å². The largest absolute Gasteiger partial charge is 0.343 e. The van der Waals surface area contributed by atoms with Crippen LogP contribution in [0.15, 0.2) is 218 Å². The first kappa shape index (κ1) is 57.7. The Kier molecular flexibility index (Phi) is 13.3. The molecule has 0 aliphatic carbocycles. The molecule has 0 saturated heterocycles. The summed E-state index contributed by atoms with van der Waals surface area (Å²) in [6.07, 6.45) is 0. The molecule has 0 radical (unpaired) electrons. The molecule has 91 heavy (non-hydrogen) atoms. The lowest BCUT2D eigenvalue weighted by Gasteiger charge is -2.46. The summed E-state index contributed by atoms with van der Waals surface area (Å²) < 4.78 is 4.83. The molecular formula is C84H81BN6. The standard InChI is InChI=1S/C84H81BN6/c1-52-24-34-59(35-25-52)88(60-36-26-53(2)27-37-60)75-50-63(48-73-79(75)65-20-16-18-22-69(65)86(73)14)90-71-42-32-56(82(5,6)7)44-67(71)85-68-45-57(83(8,9)10)33-43-72(68)91(78-47-58(84(11,12)13)46-77(90)81(78)85)64-49-74-80(66-21-17-19-23-70(66)87(74)15)76(51-64)89(61-38-28-54(3)29-39-61)62-40-30-55(4)31-41-62/h16-51H,1-15H3. The minimum atomic E-state index is -0.248. The number of hydrogen-bond donors (Lipinski definition) is 0. The van der Waals surface area contributed by atoms with E-state index in [1.165, 1.54) is 111 Å². The average molecular weight is 1190 g/mol. The SMILES string of the molecule is Cc1ccc(N(c2ccc(C)cc2)c2cc(N3c4ccc(C(C)(C)C)cc4B4c5cc(C(C)(C)C)ccc5N(c5cc(N(c6ccc(C)cc6)c6ccc(C)cc6)c6c7ccccc7n(C)c6c5)c5cc(C(C)(C)C)cc3c54)cc3c2c2ccccc2n3C)cc1. The molecule has 0 atom stereocenters. The summed E-state index contributed by atoms with van der Waals surface area (Å²) in [5.74, 6) is 0. The Morgan fingerprint density at radius 3 is 0.978 bits per heavy atom. The molecule has 0 fully saturated rings. The van der Waals surface area contributed by atoms with E-state index >= 15 is 0 Å². The van der Waals surface area contributed by atoms with Crippen LogP contribution in [0.4, 0.5) is 68.2 Å². The number of aryl methyl sites for hydroxylation is 6. The molecule has 0 spiro atoms. The smallest absolute Gasteiger partial charge is 0.252 e. The monoisotopic (exact) mass is 1180 g/mol. The second-order valence-electron chi connectivity index (χ2n) is 29.2. The Labute approximate surface area is 538 Å². The zero-order valence-corrected chi connectivity index (χ0v) is 55.5. The van der Waals surface area contributed by atoms with E-state index in [2.05, 4.69) is 351 Å². The molecular weight excluding hydrogens is 1100 g/mol. The minimum Gasteiger partial charge on any atom is -0.343 e. The number of rotatable bonds is 8. The number of anilines is 12. The number of para-hydroxylation sites is 2. The first-order chi connectivity index (χ1) is 43.5. The van der Waals surface area contributed by atoms with Gasteiger partial charge in [-0.15, -0.1) is 0 Å². The first-order valence-corrected chi connectivity index (χ1v) is 32.5. The van der Waals surface area contributed by atoms with Crippen molar-refractivity contribution in [1.29, 1.82) is 0 Å². The maximum Gasteiger partial charge on any atom is 0.252 e. The molecule has 7 heteroatoms. The van der Waals surface area contributed by atoms with Crippen LogP contribution in [-0.2, 0) is 30.3 Å². The topological polar surface area (TPSA) is 22.8 Å². The number of aromatic nitrogens is 2. The summed E-state index contributed by atoms with van der Waals surface area (Å²) in [6.45, 7) is 29.9. The zero-order chi connectivity index (χ0) is 63.3. The van der Waals surface area contributed by atoms with Crippen LogP contribution in [-0.4, -0.2) is 15.8 Å². The van der Waals surface area contributed by atoms with Gasteiger partial charge in [0.15, 0.2) is 0 Å². The van der Waals surface area contributed by atoms with Gasteiger partial charge in [-0.3, -0.25) is 0 Å². The molecule has 0 saturated carbocycles. The number of fused-ring (bicyclic) bond motifs is 10. The Balaban J connectivity index is 1.09. The lowest BCUT2D eigenvalue weighted by molar-refractivity contribution is 0.590. The van der Waals surface area contributed by atoms with E-state index in [-0.39, 0.29) is 23.0 Å². The van der Waals surface area contributed by atoms with Crippen LogP contribution in [0.25, 0.3) is 43.6 Å². The summed E-state index contributed by atoms with van der Waals surface area (Å²) in [6, 6.07) is 84.1. The molecule has 4 heterocycles. The van der Waals surface area contributed by atoms with Crippen LogP contribution in [0.5, 0.6) is 0 Å². The van der Waals surface area contributed by atoms with E-state index in [0.717, 1.165) is 56.5 Å². The third-order valence-corrected chi connectivity index (χ3v) is 19.8. The first-order valence-electron chi connectivity index (χ1n) is 32.5. The molecule has 450 valence electrons. The quantitative estimate of drug-likeness (QED) is 0.141. The molecule has 2 aromatic heterocycles. The fourth-order valence-electron chi connectivity index (χ4n) is 14.7. The summed E-state index contributed by atoms with van der Waals surface area (Å²) in [4.78, 5) is 10.3. The fourth-order valence-corrected chi connectivity index (χ4v) is 14.7. The van der Waals surface area contributed by atoms with Crippen LogP contribution in [0, 0.1) is 27.7 Å². The second kappa shape index (κ2) is 20.9. The molecule has 0 N–H and O–H groups in total. The van der Waals surface area contributed by atoms with Gasteiger partial charge >= 0.3 is 0 Å². The van der Waals surface area contributed by atoms with E-state index in [1.54, 1.807) is 0 Å². The highest BCUT2D eigenvalue weighted by Gasteiger charge is 2.46. The second-order valence-corrected chi connectivity index (χ2v) is 29.2. The van der Waals surface area contributed by atoms with Crippen LogP contribution in [0.2, 0.25) is 0 Å². The van der Waals surface area contributed by atoms with E-state index in [1.807, 2.05) is 0 Å². The summed E-state index contributed by atoms with van der Waals surface area (Å²) >= 11 is 0. The van der Waals surface area contributed by atoms with Crippen molar-refractivity contribution in [3.63, 3.8) is 0 Å². The summed E-state index contributed by atoms with van der Waals surface area (Å²) in [5.41, 5.74) is 30.5. The third-order valence-electron chi connectivity index (χ3n) is 19.8. The van der Waals surface area contributed by atoms with Crippen LogP contribution < -0.4 is 36.0 Å². The van der Waals surface area contributed by atoms with Crippen molar-refractivity contribution < 1.29 is 0 Å². The van der Waals surface area contributed by atoms with Crippen LogP contribution in [0.3, 0.4) is 0 Å². The van der Waals surface area contributed by atoms with Gasteiger partial charge in [-0.1, -0.05) is 194 Å². The lowest BCUT2D eigenvalue weighted by atomic mass is 9.33. The fraction of sp³-hybridized carbons (Fsp3) is 0.214. The van der Waals surface area contributed by atoms with Gasteiger partial charge in [0.05, 0.1) is 33.8 Å². The maximum atomic E-state index is 2.65. The number of nitrogens with zero attached hydrogens (tertiary/aromatic N) is 6. The van der Waals surface area contributed by atoms with Crippen molar-refractivity contribution in [2.75, 3.05) is 19.6 Å². The van der Waals surface area contributed by atoms with Crippen LogP contribution in [0.1, 0.15) is 101 Å². The Hall–Kier alpha value is -9.72. The van der Waals surface area contributed by atoms with E-state index in [4.69, 9.17) is 0 Å². The van der Waals surface area contributed by atoms with E-state index < -0.39 is 0 Å². The van der Waals surface area contributed by atoms with Crippen molar-refractivity contribution in [3.8, 4) is 0 Å². The van der Waals surface area contributed by atoms with Crippen molar-refractivity contribution in [2.45, 2.75) is 106 Å². The Morgan fingerprint density at radius 1 is 0.319 bits per heavy atom. The highest BCUT2D eigenvalue weighted by molar-refractivity contribution is 7.00. The molecule has 13 aromatic rings. The zero-order valence-electron chi connectivity index (χ0n) is 55.5. The van der Waals surface area contributed by atoms with Gasteiger partial charge in [0.25, 0.3) is 6.71 Å². The number of benzene rings is 11. The van der Waals surface area contributed by atoms with Crippen LogP contribution >= 0.6 is 0 Å². The highest BCUT2D eigenvalue weighted by Crippen LogP contribution is 2.53. The molecule has 2 aliphatic rings. The van der Waals surface area contributed by atoms with Gasteiger partial charge in [0, 0.05) is 92.2 Å². The van der Waals surface area contributed by atoms with Crippen molar-refractivity contribution in [2.24, 2.45) is 14.1 Å². The van der Waals surface area contributed by atoms with Crippen molar-refractivity contribution in [3.05, 3.63) is 257 Å². The van der Waals surface area contributed by atoms with Gasteiger partial charge in [0.2, 0.25) is 0 Å². The Bertz CT molecular complexity index is 4660. The van der Waals surface area contributed by atoms with Gasteiger partial charge < -0.3 is 28.7 Å². The highest BCUT2D eigenvalue weighted by atomic mass is 15.2. The predicted octanol–water partition coefficient (Wildman–Crippen LogP) is 21.1. The molecule has 2 aliphatic heterocycles. The van der Waals surface area contributed by atoms with E-state index in [0.29, 0.717) is 0 Å². The minimum absolute atomic E-state index is 0.115. The number of hydrogen-bond acceptors (Lipinski definition) is 4. The van der Waals surface area contributed by atoms with Crippen molar-refractivity contribution >= 4 is 135 Å². The van der Waals surface area contributed by atoms with Gasteiger partial charge in [-0.2, -0.15) is 0 Å². The third kappa shape index (κ3) is 9.44. The van der Waals surface area contributed by atoms with Gasteiger partial charge in [0.1, 0.15) is 0 Å². The van der Waals surface area contributed by atoms with Crippen molar-refractivity contribution in [1.82, 2.24) is 9.13 Å². The van der Waals surface area contributed by atoms with Gasteiger partial charge in [-0.25, -0.2) is 0 Å². The Morgan fingerprint density at radius 2 is 0.648 bits per heavy atom. The molecule has 15 rings (SSSR count). The molecule has 6 nitrogen and oxygen atoms in total. The lowest BCUT2D eigenvalue weighted by Crippen LogP contribution is -2.61. The maximum absolute atomic E-state index is 2.65. The molecule has 0 bridgehead atoms. The average Bonchev–Trinajstić information content (AvgIpc) is 0.790. The summed E-state index contributed by atoms with van der Waals surface area (Å²) in [7, 11) is 4.50. The predicted molar refractivity (Wildman–Crippen MR) is 393 cm³/mol. The normalized spacial score (nSPS) is 13.2. The summed E-state index contributed by atoms with van der Waals surface area (Å²) in [5, 5.41) is 4.87. The molecule has 0 unspecified atom stereocenters. The molecule has 11 aromatic carbocycles.